The van der Waals surface area contributed by atoms with Gasteiger partial charge in [0.05, 0.1) is 5.56 Å². The van der Waals surface area contributed by atoms with Gasteiger partial charge in [-0.2, -0.15) is 0 Å². The third-order valence-corrected chi connectivity index (χ3v) is 2.72. The summed E-state index contributed by atoms with van der Waals surface area (Å²) in [6.45, 7) is 1.97. The summed E-state index contributed by atoms with van der Waals surface area (Å²) in [7, 11) is 0. The Balaban J connectivity index is 2.02. The Hall–Kier alpha value is -1.57. The van der Waals surface area contributed by atoms with Gasteiger partial charge in [-0.15, -0.1) is 0 Å². The van der Waals surface area contributed by atoms with Gasteiger partial charge in [0.25, 0.3) is 0 Å². The molecule has 0 saturated carbocycles. The smallest absolute Gasteiger partial charge is 0.338 e. The molecule has 1 atom stereocenters. The van der Waals surface area contributed by atoms with Gasteiger partial charge in [0, 0.05) is 0 Å². The van der Waals surface area contributed by atoms with E-state index in [-0.39, 0.29) is 12.1 Å². The lowest BCUT2D eigenvalue weighted by Gasteiger charge is -2.17. The van der Waals surface area contributed by atoms with E-state index in [9.17, 15) is 4.79 Å². The molecule has 1 aliphatic rings. The molecule has 0 fully saturated rings. The minimum absolute atomic E-state index is 0.0400. The van der Waals surface area contributed by atoms with E-state index in [1.54, 1.807) is 6.07 Å². The fraction of sp³-hybridized carbons (Fsp3) is 0.357. The molecule has 0 saturated heterocycles. The number of esters is 1. The van der Waals surface area contributed by atoms with Crippen LogP contribution in [0.3, 0.4) is 0 Å². The summed E-state index contributed by atoms with van der Waals surface area (Å²) in [5.74, 6) is -0.222. The van der Waals surface area contributed by atoms with Crippen LogP contribution in [0.4, 0.5) is 0 Å². The van der Waals surface area contributed by atoms with Crippen molar-refractivity contribution < 1.29 is 9.53 Å². The van der Waals surface area contributed by atoms with E-state index in [1.165, 1.54) is 0 Å². The van der Waals surface area contributed by atoms with Crippen molar-refractivity contribution in [3.8, 4) is 0 Å². The van der Waals surface area contributed by atoms with Crippen LogP contribution in [-0.4, -0.2) is 12.1 Å². The molecule has 1 aliphatic carbocycles. The molecule has 1 unspecified atom stereocenters. The first-order valence-corrected chi connectivity index (χ1v) is 5.70. The molecule has 2 rings (SSSR count). The minimum Gasteiger partial charge on any atom is -0.455 e. The second-order valence-electron chi connectivity index (χ2n) is 4.17. The number of carbonyl (C=O) groups excluding carboxylic acids is 1. The summed E-state index contributed by atoms with van der Waals surface area (Å²) in [6, 6.07) is 7.50. The monoisotopic (exact) mass is 216 g/mol. The van der Waals surface area contributed by atoms with Gasteiger partial charge in [-0.25, -0.2) is 4.79 Å². The predicted molar refractivity (Wildman–Crippen MR) is 63.4 cm³/mol. The number of benzene rings is 1. The molecule has 0 aliphatic heterocycles. The highest BCUT2D eigenvalue weighted by molar-refractivity contribution is 5.89. The lowest BCUT2D eigenvalue weighted by Crippen LogP contribution is -2.17. The van der Waals surface area contributed by atoms with Crippen LogP contribution in [0.15, 0.2) is 36.4 Å². The summed E-state index contributed by atoms with van der Waals surface area (Å²) in [5.41, 5.74) is 1.72. The Kier molecular flexibility index (Phi) is 3.40. The maximum atomic E-state index is 11.8. The first-order valence-electron chi connectivity index (χ1n) is 5.70. The van der Waals surface area contributed by atoms with Crippen molar-refractivity contribution >= 4 is 5.97 Å². The van der Waals surface area contributed by atoms with Crippen LogP contribution >= 0.6 is 0 Å². The van der Waals surface area contributed by atoms with Crippen molar-refractivity contribution in [1.82, 2.24) is 0 Å². The predicted octanol–water partition coefficient (Wildman–Crippen LogP) is 3.26. The van der Waals surface area contributed by atoms with E-state index in [4.69, 9.17) is 4.74 Å². The van der Waals surface area contributed by atoms with Crippen LogP contribution < -0.4 is 0 Å². The standard InChI is InChI=1S/C14H16O2/c1-11-6-5-7-12(10-11)14(15)16-13-8-3-2-4-9-13/h3,5-8,10,13H,2,4,9H2,1H3. The number of hydrogen-bond acceptors (Lipinski definition) is 2. The van der Waals surface area contributed by atoms with Gasteiger partial charge in [-0.1, -0.05) is 23.8 Å². The van der Waals surface area contributed by atoms with Gasteiger partial charge in [0.1, 0.15) is 6.10 Å². The van der Waals surface area contributed by atoms with Crippen molar-refractivity contribution in [2.24, 2.45) is 0 Å². The van der Waals surface area contributed by atoms with Crippen LogP contribution in [0.5, 0.6) is 0 Å². The highest BCUT2D eigenvalue weighted by Crippen LogP contribution is 2.15. The topological polar surface area (TPSA) is 26.3 Å². The molecule has 1 aromatic rings. The average Bonchev–Trinajstić information content (AvgIpc) is 2.30. The minimum atomic E-state index is -0.222. The van der Waals surface area contributed by atoms with Crippen LogP contribution in [0, 0.1) is 6.92 Å². The SMILES string of the molecule is Cc1cccc(C(=O)OC2C=CCCC2)c1. The first kappa shape index (κ1) is 10.9. The largest absolute Gasteiger partial charge is 0.455 e. The molecule has 0 amide bonds. The molecule has 0 N–H and O–H groups in total. The quantitative estimate of drug-likeness (QED) is 0.560. The van der Waals surface area contributed by atoms with Crippen LogP contribution in [0.1, 0.15) is 35.2 Å². The lowest BCUT2D eigenvalue weighted by atomic mass is 10.1. The van der Waals surface area contributed by atoms with E-state index in [0.717, 1.165) is 24.8 Å². The Labute approximate surface area is 95.9 Å². The summed E-state index contributed by atoms with van der Waals surface area (Å²) in [4.78, 5) is 11.8. The third-order valence-electron chi connectivity index (χ3n) is 2.72. The summed E-state index contributed by atoms with van der Waals surface area (Å²) in [6.07, 6.45) is 7.16. The van der Waals surface area contributed by atoms with Gasteiger partial charge in [0.15, 0.2) is 0 Å². The number of rotatable bonds is 2. The lowest BCUT2D eigenvalue weighted by molar-refractivity contribution is 0.0370. The maximum absolute atomic E-state index is 11.8. The summed E-state index contributed by atoms with van der Waals surface area (Å²) in [5, 5.41) is 0. The molecule has 1 aromatic carbocycles. The number of allylic oxidation sites excluding steroid dienone is 1. The average molecular weight is 216 g/mol. The Morgan fingerprint density at radius 3 is 3.00 bits per heavy atom. The molecule has 2 heteroatoms. The molecule has 0 radical (unpaired) electrons. The second kappa shape index (κ2) is 4.97. The molecule has 0 spiro atoms. The first-order chi connectivity index (χ1) is 7.75. The van der Waals surface area contributed by atoms with E-state index in [1.807, 2.05) is 31.2 Å². The van der Waals surface area contributed by atoms with Crippen LogP contribution in [-0.2, 0) is 4.74 Å². The molecular formula is C14H16O2. The van der Waals surface area contributed by atoms with Gasteiger partial charge >= 0.3 is 5.97 Å². The second-order valence-corrected chi connectivity index (χ2v) is 4.17. The fourth-order valence-electron chi connectivity index (χ4n) is 1.86. The van der Waals surface area contributed by atoms with Crippen molar-refractivity contribution in [2.45, 2.75) is 32.3 Å². The van der Waals surface area contributed by atoms with Crippen LogP contribution in [0.2, 0.25) is 0 Å². The molecule has 0 aromatic heterocycles. The van der Waals surface area contributed by atoms with Crippen molar-refractivity contribution in [2.75, 3.05) is 0 Å². The number of carbonyl (C=O) groups is 1. The maximum Gasteiger partial charge on any atom is 0.338 e. The van der Waals surface area contributed by atoms with Crippen LogP contribution in [0.25, 0.3) is 0 Å². The van der Waals surface area contributed by atoms with Gasteiger partial charge in [-0.05, 0) is 44.4 Å². The molecule has 2 nitrogen and oxygen atoms in total. The Morgan fingerprint density at radius 2 is 2.31 bits per heavy atom. The zero-order valence-corrected chi connectivity index (χ0v) is 9.48. The summed E-state index contributed by atoms with van der Waals surface area (Å²) < 4.78 is 5.41. The Morgan fingerprint density at radius 1 is 1.44 bits per heavy atom. The normalized spacial score (nSPS) is 19.4. The van der Waals surface area contributed by atoms with Gasteiger partial charge in [-0.3, -0.25) is 0 Å². The van der Waals surface area contributed by atoms with E-state index >= 15 is 0 Å². The number of ether oxygens (including phenoxy) is 1. The van der Waals surface area contributed by atoms with Crippen molar-refractivity contribution in [1.29, 1.82) is 0 Å². The molecule has 0 bridgehead atoms. The zero-order valence-electron chi connectivity index (χ0n) is 9.48. The van der Waals surface area contributed by atoms with E-state index in [0.29, 0.717) is 5.56 Å². The fourth-order valence-corrected chi connectivity index (χ4v) is 1.86. The zero-order chi connectivity index (χ0) is 11.4. The Bertz CT molecular complexity index is 407. The van der Waals surface area contributed by atoms with Crippen molar-refractivity contribution in [3.05, 3.63) is 47.5 Å². The van der Waals surface area contributed by atoms with E-state index in [2.05, 4.69) is 6.08 Å². The van der Waals surface area contributed by atoms with E-state index < -0.39 is 0 Å². The van der Waals surface area contributed by atoms with Crippen molar-refractivity contribution in [3.63, 3.8) is 0 Å². The number of aryl methyl sites for hydroxylation is 1. The van der Waals surface area contributed by atoms with Gasteiger partial charge in [0.2, 0.25) is 0 Å². The number of hydrogen-bond donors (Lipinski definition) is 0. The molecule has 16 heavy (non-hydrogen) atoms. The third kappa shape index (κ3) is 2.72. The highest BCUT2D eigenvalue weighted by Gasteiger charge is 2.14. The molecule has 84 valence electrons. The summed E-state index contributed by atoms with van der Waals surface area (Å²) >= 11 is 0. The van der Waals surface area contributed by atoms with Gasteiger partial charge < -0.3 is 4.74 Å². The molecule has 0 heterocycles. The molecular weight excluding hydrogens is 200 g/mol. The highest BCUT2D eigenvalue weighted by atomic mass is 16.5.